The van der Waals surface area contributed by atoms with E-state index in [4.69, 9.17) is 5.26 Å². The van der Waals surface area contributed by atoms with Gasteiger partial charge in [-0.1, -0.05) is 6.92 Å². The smallest absolute Gasteiger partial charge is 0.255 e. The maximum atomic E-state index is 13.2. The summed E-state index contributed by atoms with van der Waals surface area (Å²) in [6.07, 6.45) is 0.708. The van der Waals surface area contributed by atoms with E-state index in [0.717, 1.165) is 28.8 Å². The molecule has 2 aromatic rings. The Balaban J connectivity index is 2.36. The van der Waals surface area contributed by atoms with Gasteiger partial charge in [-0.05, 0) is 31.5 Å². The van der Waals surface area contributed by atoms with Crippen LogP contribution in [0.5, 0.6) is 0 Å². The molecule has 8 heteroatoms. The van der Waals surface area contributed by atoms with E-state index in [1.165, 1.54) is 11.3 Å². The molecular formula is C13H12FN3O2S2. The van der Waals surface area contributed by atoms with Crippen LogP contribution in [0.4, 0.5) is 9.52 Å². The maximum absolute atomic E-state index is 13.2. The van der Waals surface area contributed by atoms with Crippen LogP contribution in [0.2, 0.25) is 0 Å². The standard InChI is InChI=1S/C13H12FN3O2S2/c1-3-12-8(2)20-13(16-12)17-21(18,19)10-4-5-11(14)9(6-10)7-15/h4-6H,3H2,1-2H3,(H,16,17). The number of rotatable bonds is 4. The number of nitriles is 1. The number of hydrogen-bond donors (Lipinski definition) is 1. The van der Waals surface area contributed by atoms with E-state index in [1.54, 1.807) is 6.07 Å². The molecule has 0 spiro atoms. The van der Waals surface area contributed by atoms with Crippen molar-refractivity contribution in [2.24, 2.45) is 0 Å². The molecule has 0 aliphatic carbocycles. The number of benzene rings is 1. The van der Waals surface area contributed by atoms with Gasteiger partial charge < -0.3 is 0 Å². The summed E-state index contributed by atoms with van der Waals surface area (Å²) in [7, 11) is -3.89. The average molecular weight is 325 g/mol. The largest absolute Gasteiger partial charge is 0.263 e. The Morgan fingerprint density at radius 2 is 2.19 bits per heavy atom. The van der Waals surface area contributed by atoms with Crippen molar-refractivity contribution < 1.29 is 12.8 Å². The normalized spacial score (nSPS) is 11.1. The van der Waals surface area contributed by atoms with Gasteiger partial charge in [-0.2, -0.15) is 5.26 Å². The van der Waals surface area contributed by atoms with Crippen LogP contribution in [0.15, 0.2) is 23.1 Å². The lowest BCUT2D eigenvalue weighted by molar-refractivity contribution is 0.599. The quantitative estimate of drug-likeness (QED) is 0.937. The van der Waals surface area contributed by atoms with Crippen LogP contribution in [0, 0.1) is 24.1 Å². The molecule has 21 heavy (non-hydrogen) atoms. The van der Waals surface area contributed by atoms with Crippen LogP contribution in [0.3, 0.4) is 0 Å². The number of anilines is 1. The third-order valence-corrected chi connectivity index (χ3v) is 5.21. The van der Waals surface area contributed by atoms with E-state index in [0.29, 0.717) is 6.42 Å². The van der Waals surface area contributed by atoms with Gasteiger partial charge in [0.1, 0.15) is 11.9 Å². The minimum atomic E-state index is -3.89. The number of aryl methyl sites for hydroxylation is 2. The highest BCUT2D eigenvalue weighted by atomic mass is 32.2. The Morgan fingerprint density at radius 3 is 2.76 bits per heavy atom. The first-order chi connectivity index (χ1) is 9.87. The summed E-state index contributed by atoms with van der Waals surface area (Å²) in [6.45, 7) is 3.79. The highest BCUT2D eigenvalue weighted by Gasteiger charge is 2.18. The third kappa shape index (κ3) is 3.20. The SMILES string of the molecule is CCc1nc(NS(=O)(=O)c2ccc(F)c(C#N)c2)sc1C. The van der Waals surface area contributed by atoms with Crippen molar-refractivity contribution in [3.05, 3.63) is 40.2 Å². The second-order valence-corrected chi connectivity index (χ2v) is 7.12. The van der Waals surface area contributed by atoms with Gasteiger partial charge in [-0.15, -0.1) is 11.3 Å². The van der Waals surface area contributed by atoms with Crippen molar-refractivity contribution >= 4 is 26.5 Å². The summed E-state index contributed by atoms with van der Waals surface area (Å²) in [5.41, 5.74) is 0.511. The highest BCUT2D eigenvalue weighted by Crippen LogP contribution is 2.25. The topological polar surface area (TPSA) is 82.8 Å². The molecule has 5 nitrogen and oxygen atoms in total. The molecule has 1 N–H and O–H groups in total. The van der Waals surface area contributed by atoms with Crippen LogP contribution in [0.1, 0.15) is 23.1 Å². The number of sulfonamides is 1. The molecule has 1 aromatic heterocycles. The Labute approximate surface area is 126 Å². The number of thiazole rings is 1. The second kappa shape index (κ2) is 5.79. The first-order valence-electron chi connectivity index (χ1n) is 6.06. The minimum absolute atomic E-state index is 0.175. The minimum Gasteiger partial charge on any atom is -0.255 e. The lowest BCUT2D eigenvalue weighted by Crippen LogP contribution is -2.13. The molecule has 0 fully saturated rings. The van der Waals surface area contributed by atoms with Crippen molar-refractivity contribution in [1.82, 2.24) is 4.98 Å². The van der Waals surface area contributed by atoms with Crippen LogP contribution >= 0.6 is 11.3 Å². The number of hydrogen-bond acceptors (Lipinski definition) is 5. The monoisotopic (exact) mass is 325 g/mol. The Morgan fingerprint density at radius 1 is 1.48 bits per heavy atom. The van der Waals surface area contributed by atoms with Crippen molar-refractivity contribution in [1.29, 1.82) is 5.26 Å². The van der Waals surface area contributed by atoms with Gasteiger partial charge in [0.25, 0.3) is 10.0 Å². The van der Waals surface area contributed by atoms with Gasteiger partial charge >= 0.3 is 0 Å². The molecule has 0 atom stereocenters. The lowest BCUT2D eigenvalue weighted by Gasteiger charge is -2.05. The Hall–Kier alpha value is -1.98. The third-order valence-electron chi connectivity index (χ3n) is 2.82. The molecule has 0 unspecified atom stereocenters. The summed E-state index contributed by atoms with van der Waals surface area (Å²) in [4.78, 5) is 4.95. The zero-order valence-corrected chi connectivity index (χ0v) is 13.0. The molecule has 2 rings (SSSR count). The summed E-state index contributed by atoms with van der Waals surface area (Å²) in [6, 6.07) is 4.68. The molecule has 0 aliphatic rings. The van der Waals surface area contributed by atoms with Crippen LogP contribution < -0.4 is 4.72 Å². The average Bonchev–Trinajstić information content (AvgIpc) is 2.78. The number of nitrogens with one attached hydrogen (secondary N) is 1. The van der Waals surface area contributed by atoms with Gasteiger partial charge in [-0.25, -0.2) is 17.8 Å². The lowest BCUT2D eigenvalue weighted by atomic mass is 10.2. The molecular weight excluding hydrogens is 313 g/mol. The number of aromatic nitrogens is 1. The summed E-state index contributed by atoms with van der Waals surface area (Å²) >= 11 is 1.23. The molecule has 0 amide bonds. The fourth-order valence-corrected chi connectivity index (χ4v) is 3.89. The zero-order chi connectivity index (χ0) is 15.6. The van der Waals surface area contributed by atoms with Crippen molar-refractivity contribution in [3.63, 3.8) is 0 Å². The molecule has 0 aliphatic heterocycles. The Bertz CT molecular complexity index is 822. The fraction of sp³-hybridized carbons (Fsp3) is 0.231. The molecule has 110 valence electrons. The number of halogens is 1. The van der Waals surface area contributed by atoms with E-state index < -0.39 is 15.8 Å². The van der Waals surface area contributed by atoms with Gasteiger partial charge in [0.05, 0.1) is 16.2 Å². The van der Waals surface area contributed by atoms with Crippen LogP contribution in [0.25, 0.3) is 0 Å². The van der Waals surface area contributed by atoms with E-state index in [2.05, 4.69) is 9.71 Å². The predicted molar refractivity (Wildman–Crippen MR) is 78.2 cm³/mol. The molecule has 0 saturated carbocycles. The van der Waals surface area contributed by atoms with E-state index in [9.17, 15) is 12.8 Å². The number of nitrogens with zero attached hydrogens (tertiary/aromatic N) is 2. The summed E-state index contributed by atoms with van der Waals surface area (Å²) < 4.78 is 40.0. The summed E-state index contributed by atoms with van der Waals surface area (Å²) in [5, 5.41) is 9.01. The second-order valence-electron chi connectivity index (χ2n) is 4.23. The molecule has 0 bridgehead atoms. The van der Waals surface area contributed by atoms with Crippen molar-refractivity contribution in [2.45, 2.75) is 25.2 Å². The summed E-state index contributed by atoms with van der Waals surface area (Å²) in [5.74, 6) is -0.755. The van der Waals surface area contributed by atoms with Crippen molar-refractivity contribution in [3.8, 4) is 6.07 Å². The van der Waals surface area contributed by atoms with E-state index in [-0.39, 0.29) is 15.6 Å². The van der Waals surface area contributed by atoms with Crippen LogP contribution in [-0.2, 0) is 16.4 Å². The molecule has 1 heterocycles. The van der Waals surface area contributed by atoms with Gasteiger partial charge in [0.15, 0.2) is 5.13 Å². The van der Waals surface area contributed by atoms with Gasteiger partial charge in [-0.3, -0.25) is 4.72 Å². The molecule has 0 radical (unpaired) electrons. The zero-order valence-electron chi connectivity index (χ0n) is 11.3. The molecule has 1 aromatic carbocycles. The van der Waals surface area contributed by atoms with Crippen LogP contribution in [-0.4, -0.2) is 13.4 Å². The molecule has 0 saturated heterocycles. The first-order valence-corrected chi connectivity index (χ1v) is 8.36. The first kappa shape index (κ1) is 15.4. The fourth-order valence-electron chi connectivity index (χ4n) is 1.73. The van der Waals surface area contributed by atoms with Gasteiger partial charge in [0.2, 0.25) is 0 Å². The predicted octanol–water partition coefficient (Wildman–Crippen LogP) is 2.83. The highest BCUT2D eigenvalue weighted by molar-refractivity contribution is 7.93. The van der Waals surface area contributed by atoms with E-state index in [1.807, 2.05) is 13.8 Å². The van der Waals surface area contributed by atoms with Crippen molar-refractivity contribution in [2.75, 3.05) is 4.72 Å². The van der Waals surface area contributed by atoms with Gasteiger partial charge in [0, 0.05) is 4.88 Å². The maximum Gasteiger partial charge on any atom is 0.263 e. The Kier molecular flexibility index (Phi) is 4.25. The van der Waals surface area contributed by atoms with E-state index >= 15 is 0 Å².